The summed E-state index contributed by atoms with van der Waals surface area (Å²) in [5.41, 5.74) is 1.23. The second-order valence-electron chi connectivity index (χ2n) is 5.48. The third-order valence-corrected chi connectivity index (χ3v) is 3.62. The van der Waals surface area contributed by atoms with Crippen molar-refractivity contribution in [1.29, 1.82) is 0 Å². The lowest BCUT2D eigenvalue weighted by molar-refractivity contribution is -0.124. The largest absolute Gasteiger partial charge is 0.535 e. The number of carbonyl (C=O) groups excluding carboxylic acids is 3. The van der Waals surface area contributed by atoms with Crippen LogP contribution in [0, 0.1) is 0 Å². The number of ketones is 2. The first-order chi connectivity index (χ1) is 10.4. The van der Waals surface area contributed by atoms with E-state index in [4.69, 9.17) is 4.65 Å². The van der Waals surface area contributed by atoms with E-state index in [-0.39, 0.29) is 30.4 Å². The van der Waals surface area contributed by atoms with Crippen molar-refractivity contribution in [1.82, 2.24) is 5.32 Å². The second-order valence-corrected chi connectivity index (χ2v) is 5.48. The van der Waals surface area contributed by atoms with Gasteiger partial charge >= 0.3 is 7.12 Å². The molecule has 1 aromatic carbocycles. The van der Waals surface area contributed by atoms with Gasteiger partial charge in [0.15, 0.2) is 11.6 Å². The number of hydrogen-bond acceptors (Lipinski definition) is 5. The first-order valence-electron chi connectivity index (χ1n) is 7.12. The van der Waals surface area contributed by atoms with E-state index in [0.717, 1.165) is 5.56 Å². The molecule has 6 nitrogen and oxygen atoms in total. The van der Waals surface area contributed by atoms with E-state index in [2.05, 4.69) is 5.32 Å². The van der Waals surface area contributed by atoms with Crippen LogP contribution in [0.25, 0.3) is 0 Å². The average molecular weight is 303 g/mol. The Morgan fingerprint density at radius 3 is 2.73 bits per heavy atom. The highest BCUT2D eigenvalue weighted by molar-refractivity contribution is 6.47. The second kappa shape index (κ2) is 6.74. The number of nitrogens with one attached hydrogen (secondary N) is 1. The van der Waals surface area contributed by atoms with Gasteiger partial charge in [-0.2, -0.15) is 0 Å². The highest BCUT2D eigenvalue weighted by Crippen LogP contribution is 2.36. The Bertz CT molecular complexity index is 616. The molecule has 1 aromatic rings. The van der Waals surface area contributed by atoms with Crippen molar-refractivity contribution in [2.45, 2.75) is 32.5 Å². The van der Waals surface area contributed by atoms with Crippen molar-refractivity contribution in [3.8, 4) is 5.75 Å². The van der Waals surface area contributed by atoms with Crippen LogP contribution in [0.5, 0.6) is 5.75 Å². The molecule has 0 spiro atoms. The van der Waals surface area contributed by atoms with Crippen LogP contribution >= 0.6 is 0 Å². The van der Waals surface area contributed by atoms with E-state index in [1.165, 1.54) is 13.8 Å². The van der Waals surface area contributed by atoms with E-state index in [1.807, 2.05) is 6.07 Å². The van der Waals surface area contributed by atoms with Crippen LogP contribution in [-0.2, 0) is 16.0 Å². The minimum Gasteiger partial charge on any atom is -0.535 e. The molecule has 7 heteroatoms. The number of benzene rings is 1. The van der Waals surface area contributed by atoms with Gasteiger partial charge in [0.1, 0.15) is 5.75 Å². The SMILES string of the molecule is CC(=O)NCC(=O)C[C@H]1Cc2cccc(C(C)=O)c2OB1O. The predicted octanol–water partition coefficient (Wildman–Crippen LogP) is 0.770. The summed E-state index contributed by atoms with van der Waals surface area (Å²) < 4.78 is 5.46. The van der Waals surface area contributed by atoms with Gasteiger partial charge in [0.05, 0.1) is 12.1 Å². The molecule has 116 valence electrons. The maximum atomic E-state index is 11.8. The molecule has 0 bridgehead atoms. The van der Waals surface area contributed by atoms with Crippen molar-refractivity contribution in [3.05, 3.63) is 29.3 Å². The Hall–Kier alpha value is -2.15. The Labute approximate surface area is 129 Å². The zero-order chi connectivity index (χ0) is 16.3. The highest BCUT2D eigenvalue weighted by atomic mass is 16.5. The zero-order valence-corrected chi connectivity index (χ0v) is 12.6. The van der Waals surface area contributed by atoms with Crippen molar-refractivity contribution in [3.63, 3.8) is 0 Å². The summed E-state index contributed by atoms with van der Waals surface area (Å²) in [5, 5.41) is 12.5. The maximum Gasteiger partial charge on any atom is 0.526 e. The minimum atomic E-state index is -1.14. The molecule has 0 fully saturated rings. The molecular formula is C15H18BNO5. The van der Waals surface area contributed by atoms with Crippen molar-refractivity contribution >= 4 is 24.6 Å². The first kappa shape index (κ1) is 16.2. The van der Waals surface area contributed by atoms with Crippen LogP contribution in [0.4, 0.5) is 0 Å². The molecule has 1 aliphatic heterocycles. The molecule has 0 saturated heterocycles. The summed E-state index contributed by atoms with van der Waals surface area (Å²) in [7, 11) is -1.14. The molecule has 0 saturated carbocycles. The van der Waals surface area contributed by atoms with Gasteiger partial charge < -0.3 is 15.0 Å². The number of amides is 1. The number of fused-ring (bicyclic) bond motifs is 1. The molecule has 1 heterocycles. The average Bonchev–Trinajstić information content (AvgIpc) is 2.45. The summed E-state index contributed by atoms with van der Waals surface area (Å²) >= 11 is 0. The number of para-hydroxylation sites is 1. The predicted molar refractivity (Wildman–Crippen MR) is 80.8 cm³/mol. The lowest BCUT2D eigenvalue weighted by atomic mass is 9.64. The fourth-order valence-electron chi connectivity index (χ4n) is 2.52. The van der Waals surface area contributed by atoms with Crippen LogP contribution in [0.3, 0.4) is 0 Å². The molecule has 1 amide bonds. The topological polar surface area (TPSA) is 92.7 Å². The number of Topliss-reactive ketones (excluding diaryl/α,β-unsaturated/α-hetero) is 2. The maximum absolute atomic E-state index is 11.8. The van der Waals surface area contributed by atoms with E-state index < -0.39 is 12.9 Å². The van der Waals surface area contributed by atoms with Crippen molar-refractivity contribution in [2.75, 3.05) is 6.54 Å². The fourth-order valence-corrected chi connectivity index (χ4v) is 2.52. The monoisotopic (exact) mass is 303 g/mol. The van der Waals surface area contributed by atoms with Gasteiger partial charge in [-0.1, -0.05) is 12.1 Å². The van der Waals surface area contributed by atoms with E-state index >= 15 is 0 Å². The third kappa shape index (κ3) is 3.73. The molecular weight excluding hydrogens is 285 g/mol. The summed E-state index contributed by atoms with van der Waals surface area (Å²) in [5.74, 6) is -0.576. The van der Waals surface area contributed by atoms with Crippen molar-refractivity contribution in [2.24, 2.45) is 0 Å². The lowest BCUT2D eigenvalue weighted by Crippen LogP contribution is -2.37. The molecule has 0 unspecified atom stereocenters. The molecule has 0 aromatic heterocycles. The molecule has 0 radical (unpaired) electrons. The highest BCUT2D eigenvalue weighted by Gasteiger charge is 2.37. The molecule has 2 rings (SSSR count). The molecule has 22 heavy (non-hydrogen) atoms. The van der Waals surface area contributed by atoms with Crippen LogP contribution < -0.4 is 9.97 Å². The van der Waals surface area contributed by atoms with Gasteiger partial charge in [-0.25, -0.2) is 0 Å². The summed E-state index contributed by atoms with van der Waals surface area (Å²) in [4.78, 5) is 34.2. The van der Waals surface area contributed by atoms with E-state index in [1.54, 1.807) is 12.1 Å². The number of rotatable bonds is 5. The molecule has 0 aliphatic carbocycles. The normalized spacial score (nSPS) is 16.5. The van der Waals surface area contributed by atoms with E-state index in [0.29, 0.717) is 17.7 Å². The van der Waals surface area contributed by atoms with Gasteiger partial charge in [-0.05, 0) is 25.0 Å². The zero-order valence-electron chi connectivity index (χ0n) is 12.6. The molecule has 2 N–H and O–H groups in total. The van der Waals surface area contributed by atoms with Crippen LogP contribution in [-0.4, -0.2) is 36.2 Å². The Morgan fingerprint density at radius 2 is 2.09 bits per heavy atom. The third-order valence-electron chi connectivity index (χ3n) is 3.62. The first-order valence-corrected chi connectivity index (χ1v) is 7.12. The van der Waals surface area contributed by atoms with Crippen LogP contribution in [0.2, 0.25) is 5.82 Å². The Kier molecular flexibility index (Phi) is 4.97. The van der Waals surface area contributed by atoms with Crippen LogP contribution in [0.15, 0.2) is 18.2 Å². The number of hydrogen-bond donors (Lipinski definition) is 2. The number of carbonyl (C=O) groups is 3. The van der Waals surface area contributed by atoms with E-state index in [9.17, 15) is 19.4 Å². The standard InChI is InChI=1S/C15H18BNO5/c1-9(18)14-5-3-4-11-6-12(16(21)22-15(11)14)7-13(20)8-17-10(2)19/h3-5,12,21H,6-8H2,1-2H3,(H,17,19)/t12-/m1/s1. The van der Waals surface area contributed by atoms with Gasteiger partial charge in [0.2, 0.25) is 5.91 Å². The van der Waals surface area contributed by atoms with Gasteiger partial charge in [0.25, 0.3) is 0 Å². The summed E-state index contributed by atoms with van der Waals surface area (Å²) in [6.07, 6.45) is 0.550. The molecule has 1 aliphatic rings. The van der Waals surface area contributed by atoms with Gasteiger partial charge in [-0.15, -0.1) is 0 Å². The lowest BCUT2D eigenvalue weighted by Gasteiger charge is -2.28. The Balaban J connectivity index is 2.09. The summed E-state index contributed by atoms with van der Waals surface area (Å²) in [6, 6.07) is 5.22. The quantitative estimate of drug-likeness (QED) is 0.619. The fraction of sp³-hybridized carbons (Fsp3) is 0.400. The van der Waals surface area contributed by atoms with Crippen molar-refractivity contribution < 1.29 is 24.1 Å². The van der Waals surface area contributed by atoms with Gasteiger partial charge in [-0.3, -0.25) is 14.4 Å². The Morgan fingerprint density at radius 1 is 1.36 bits per heavy atom. The van der Waals surface area contributed by atoms with Gasteiger partial charge in [0, 0.05) is 19.2 Å². The summed E-state index contributed by atoms with van der Waals surface area (Å²) in [6.45, 7) is 2.72. The minimum absolute atomic E-state index is 0.0567. The molecule has 1 atom stereocenters. The van der Waals surface area contributed by atoms with Crippen LogP contribution in [0.1, 0.15) is 36.2 Å². The smallest absolute Gasteiger partial charge is 0.526 e.